The zero-order valence-corrected chi connectivity index (χ0v) is 10.6. The first-order chi connectivity index (χ1) is 7.13. The van der Waals surface area contributed by atoms with Crippen LogP contribution in [0.2, 0.25) is 5.02 Å². The third-order valence-corrected chi connectivity index (χ3v) is 2.48. The highest BCUT2D eigenvalue weighted by molar-refractivity contribution is 9.10. The molecule has 82 valence electrons. The van der Waals surface area contributed by atoms with Crippen LogP contribution in [-0.4, -0.2) is 19.1 Å². The van der Waals surface area contributed by atoms with Crippen molar-refractivity contribution in [3.8, 4) is 0 Å². The highest BCUT2D eigenvalue weighted by atomic mass is 79.9. The molecule has 0 unspecified atom stereocenters. The van der Waals surface area contributed by atoms with Gasteiger partial charge in [-0.1, -0.05) is 27.5 Å². The number of rotatable bonds is 4. The number of halogens is 2. The van der Waals surface area contributed by atoms with E-state index >= 15 is 0 Å². The molecular weight excluding hydrogens is 281 g/mol. The number of hydrogen-bond acceptors (Lipinski definition) is 3. The van der Waals surface area contributed by atoms with Gasteiger partial charge in [0.15, 0.2) is 0 Å². The van der Waals surface area contributed by atoms with Gasteiger partial charge in [0, 0.05) is 4.47 Å². The van der Waals surface area contributed by atoms with E-state index in [0.717, 1.165) is 4.47 Å². The fraction of sp³-hybridized carbons (Fsp3) is 0.300. The Morgan fingerprint density at radius 3 is 3.00 bits per heavy atom. The first kappa shape index (κ1) is 12.3. The van der Waals surface area contributed by atoms with Gasteiger partial charge in [-0.05, 0) is 25.1 Å². The molecular formula is C10H11BrClNO2. The average molecular weight is 293 g/mol. The second-order valence-electron chi connectivity index (χ2n) is 2.78. The van der Waals surface area contributed by atoms with Gasteiger partial charge < -0.3 is 10.1 Å². The van der Waals surface area contributed by atoms with E-state index in [1.54, 1.807) is 13.0 Å². The Hall–Kier alpha value is -0.740. The predicted octanol–water partition coefficient (Wildman–Crippen LogP) is 3.08. The van der Waals surface area contributed by atoms with E-state index in [1.165, 1.54) is 0 Å². The van der Waals surface area contributed by atoms with E-state index in [1.807, 2.05) is 12.1 Å². The van der Waals surface area contributed by atoms with Crippen LogP contribution in [0.4, 0.5) is 5.69 Å². The first-order valence-corrected chi connectivity index (χ1v) is 5.65. The van der Waals surface area contributed by atoms with Gasteiger partial charge in [0.2, 0.25) is 0 Å². The molecule has 3 nitrogen and oxygen atoms in total. The molecule has 0 aliphatic heterocycles. The summed E-state index contributed by atoms with van der Waals surface area (Å²) in [5, 5.41) is 3.47. The summed E-state index contributed by atoms with van der Waals surface area (Å²) in [5.74, 6) is -0.298. The van der Waals surface area contributed by atoms with Crippen LogP contribution in [0.3, 0.4) is 0 Å². The SMILES string of the molecule is CCOC(=O)CNc1cc(Br)ccc1Cl. The van der Waals surface area contributed by atoms with Crippen molar-refractivity contribution in [1.82, 2.24) is 0 Å². The fourth-order valence-corrected chi connectivity index (χ4v) is 1.56. The maximum absolute atomic E-state index is 11.1. The Morgan fingerprint density at radius 1 is 1.60 bits per heavy atom. The van der Waals surface area contributed by atoms with Gasteiger partial charge in [0.05, 0.1) is 17.3 Å². The summed E-state index contributed by atoms with van der Waals surface area (Å²) in [7, 11) is 0. The second-order valence-corrected chi connectivity index (χ2v) is 4.11. The van der Waals surface area contributed by atoms with Gasteiger partial charge in [-0.2, -0.15) is 0 Å². The number of hydrogen-bond donors (Lipinski definition) is 1. The third kappa shape index (κ3) is 4.10. The summed E-state index contributed by atoms with van der Waals surface area (Å²) in [4.78, 5) is 11.1. The molecule has 0 spiro atoms. The molecule has 0 aromatic heterocycles. The van der Waals surface area contributed by atoms with Crippen molar-refractivity contribution >= 4 is 39.2 Å². The molecule has 0 saturated heterocycles. The van der Waals surface area contributed by atoms with E-state index in [-0.39, 0.29) is 12.5 Å². The van der Waals surface area contributed by atoms with Crippen LogP contribution in [-0.2, 0) is 9.53 Å². The highest BCUT2D eigenvalue weighted by Crippen LogP contribution is 2.25. The molecule has 1 N–H and O–H groups in total. The summed E-state index contributed by atoms with van der Waals surface area (Å²) >= 11 is 9.24. The number of benzene rings is 1. The number of ether oxygens (including phenoxy) is 1. The number of nitrogens with one attached hydrogen (secondary N) is 1. The monoisotopic (exact) mass is 291 g/mol. The van der Waals surface area contributed by atoms with Gasteiger partial charge in [-0.15, -0.1) is 0 Å². The lowest BCUT2D eigenvalue weighted by Crippen LogP contribution is -2.16. The molecule has 0 heterocycles. The topological polar surface area (TPSA) is 38.3 Å². The number of carbonyl (C=O) groups is 1. The van der Waals surface area contributed by atoms with E-state index in [0.29, 0.717) is 17.3 Å². The smallest absolute Gasteiger partial charge is 0.325 e. The van der Waals surface area contributed by atoms with Crippen LogP contribution in [0, 0.1) is 0 Å². The van der Waals surface area contributed by atoms with Crippen LogP contribution in [0.5, 0.6) is 0 Å². The standard InChI is InChI=1S/C10H11BrClNO2/c1-2-15-10(14)6-13-9-5-7(11)3-4-8(9)12/h3-5,13H,2,6H2,1H3. The predicted molar refractivity (Wildman–Crippen MR) is 64.3 cm³/mol. The van der Waals surface area contributed by atoms with Crippen molar-refractivity contribution in [2.45, 2.75) is 6.92 Å². The molecule has 0 aliphatic rings. The highest BCUT2D eigenvalue weighted by Gasteiger charge is 2.04. The van der Waals surface area contributed by atoms with E-state index in [4.69, 9.17) is 16.3 Å². The molecule has 1 aromatic carbocycles. The Bertz CT molecular complexity index is 357. The van der Waals surface area contributed by atoms with Crippen molar-refractivity contribution < 1.29 is 9.53 Å². The zero-order valence-electron chi connectivity index (χ0n) is 8.22. The summed E-state index contributed by atoms with van der Waals surface area (Å²) in [6, 6.07) is 5.39. The zero-order chi connectivity index (χ0) is 11.3. The molecule has 0 saturated carbocycles. The molecule has 5 heteroatoms. The first-order valence-electron chi connectivity index (χ1n) is 4.48. The number of carbonyl (C=O) groups excluding carboxylic acids is 1. The van der Waals surface area contributed by atoms with Crippen LogP contribution >= 0.6 is 27.5 Å². The van der Waals surface area contributed by atoms with Crippen molar-refractivity contribution in [3.63, 3.8) is 0 Å². The van der Waals surface area contributed by atoms with Crippen molar-refractivity contribution in [3.05, 3.63) is 27.7 Å². The van der Waals surface area contributed by atoms with Gasteiger partial charge in [-0.25, -0.2) is 0 Å². The van der Waals surface area contributed by atoms with Crippen LogP contribution in [0.25, 0.3) is 0 Å². The lowest BCUT2D eigenvalue weighted by molar-refractivity contribution is -0.140. The second kappa shape index (κ2) is 5.98. The molecule has 0 fully saturated rings. The minimum absolute atomic E-state index is 0.115. The van der Waals surface area contributed by atoms with Crippen molar-refractivity contribution in [2.24, 2.45) is 0 Å². The van der Waals surface area contributed by atoms with E-state index in [9.17, 15) is 4.79 Å². The fourth-order valence-electron chi connectivity index (χ4n) is 1.01. The van der Waals surface area contributed by atoms with Gasteiger partial charge >= 0.3 is 5.97 Å². The normalized spacial score (nSPS) is 9.80. The Balaban J connectivity index is 2.57. The van der Waals surface area contributed by atoms with Crippen molar-refractivity contribution in [2.75, 3.05) is 18.5 Å². The van der Waals surface area contributed by atoms with E-state index in [2.05, 4.69) is 21.2 Å². The molecule has 0 radical (unpaired) electrons. The summed E-state index contributed by atoms with van der Waals surface area (Å²) in [6.45, 7) is 2.26. The summed E-state index contributed by atoms with van der Waals surface area (Å²) < 4.78 is 5.68. The molecule has 0 bridgehead atoms. The Kier molecular flexibility index (Phi) is 4.91. The summed E-state index contributed by atoms with van der Waals surface area (Å²) in [6.07, 6.45) is 0. The maximum atomic E-state index is 11.1. The number of esters is 1. The van der Waals surface area contributed by atoms with Crippen LogP contribution in [0.15, 0.2) is 22.7 Å². The Morgan fingerprint density at radius 2 is 2.33 bits per heavy atom. The molecule has 0 atom stereocenters. The lowest BCUT2D eigenvalue weighted by Gasteiger charge is -2.08. The Labute approximate surface area is 102 Å². The molecule has 1 aromatic rings. The minimum Gasteiger partial charge on any atom is -0.465 e. The number of anilines is 1. The van der Waals surface area contributed by atoms with Crippen LogP contribution in [0.1, 0.15) is 6.92 Å². The van der Waals surface area contributed by atoms with E-state index < -0.39 is 0 Å². The third-order valence-electron chi connectivity index (χ3n) is 1.66. The maximum Gasteiger partial charge on any atom is 0.325 e. The van der Waals surface area contributed by atoms with Crippen molar-refractivity contribution in [1.29, 1.82) is 0 Å². The van der Waals surface area contributed by atoms with Crippen LogP contribution < -0.4 is 5.32 Å². The molecule has 15 heavy (non-hydrogen) atoms. The van der Waals surface area contributed by atoms with Gasteiger partial charge in [-0.3, -0.25) is 4.79 Å². The molecule has 0 aliphatic carbocycles. The van der Waals surface area contributed by atoms with Gasteiger partial charge in [0.1, 0.15) is 6.54 Å². The molecule has 0 amide bonds. The largest absolute Gasteiger partial charge is 0.465 e. The quantitative estimate of drug-likeness (QED) is 0.867. The lowest BCUT2D eigenvalue weighted by atomic mass is 10.3. The van der Waals surface area contributed by atoms with Gasteiger partial charge in [0.25, 0.3) is 0 Å². The average Bonchev–Trinajstić information content (AvgIpc) is 2.20. The minimum atomic E-state index is -0.298. The molecule has 1 rings (SSSR count). The summed E-state index contributed by atoms with van der Waals surface area (Å²) in [5.41, 5.74) is 0.707.